The van der Waals surface area contributed by atoms with Crippen molar-refractivity contribution in [2.75, 3.05) is 6.54 Å². The van der Waals surface area contributed by atoms with Gasteiger partial charge in [0.25, 0.3) is 11.5 Å². The number of benzene rings is 2. The summed E-state index contributed by atoms with van der Waals surface area (Å²) in [6.07, 6.45) is -4.01. The number of aromatic nitrogens is 3. The van der Waals surface area contributed by atoms with Crippen molar-refractivity contribution in [3.8, 4) is 11.3 Å². The lowest BCUT2D eigenvalue weighted by molar-refractivity contribution is -0.142. The Morgan fingerprint density at radius 3 is 2.48 bits per heavy atom. The van der Waals surface area contributed by atoms with Gasteiger partial charge in [0.1, 0.15) is 11.5 Å². The van der Waals surface area contributed by atoms with Crippen LogP contribution in [-0.4, -0.2) is 37.4 Å². The van der Waals surface area contributed by atoms with Crippen LogP contribution in [0.2, 0.25) is 0 Å². The van der Waals surface area contributed by atoms with Crippen molar-refractivity contribution >= 4 is 5.91 Å². The van der Waals surface area contributed by atoms with Crippen molar-refractivity contribution in [2.45, 2.75) is 43.5 Å². The fraction of sp³-hybridized carbons (Fsp3) is 0.267. The number of hydrogen-bond acceptors (Lipinski definition) is 5. The highest BCUT2D eigenvalue weighted by atomic mass is 19.4. The van der Waals surface area contributed by atoms with Crippen LogP contribution in [0.1, 0.15) is 52.8 Å². The number of nitrogens with zero attached hydrogens (tertiary/aromatic N) is 3. The number of aliphatic hydroxyl groups is 1. The number of hydrogen-bond donors (Lipinski definition) is 2. The van der Waals surface area contributed by atoms with Crippen molar-refractivity contribution in [3.63, 3.8) is 0 Å². The first-order chi connectivity index (χ1) is 19.2. The monoisotopic (exact) mass is 546 g/mol. The van der Waals surface area contributed by atoms with E-state index in [4.69, 9.17) is 4.98 Å². The zero-order valence-electron chi connectivity index (χ0n) is 21.3. The van der Waals surface area contributed by atoms with Gasteiger partial charge in [-0.15, -0.1) is 0 Å². The van der Waals surface area contributed by atoms with E-state index in [1.54, 1.807) is 12.1 Å². The molecule has 2 aliphatic rings. The van der Waals surface area contributed by atoms with Gasteiger partial charge in [0.2, 0.25) is 0 Å². The Kier molecular flexibility index (Phi) is 6.29. The molecule has 3 heterocycles. The zero-order valence-corrected chi connectivity index (χ0v) is 21.3. The lowest BCUT2D eigenvalue weighted by Crippen LogP contribution is -2.42. The van der Waals surface area contributed by atoms with Gasteiger partial charge in [0, 0.05) is 18.5 Å². The number of H-pyrrole nitrogens is 1. The summed E-state index contributed by atoms with van der Waals surface area (Å²) in [5.74, 6) is 0.0357. The van der Waals surface area contributed by atoms with E-state index in [1.165, 1.54) is 29.2 Å². The van der Waals surface area contributed by atoms with Crippen molar-refractivity contribution in [2.24, 2.45) is 0 Å². The number of alkyl halides is 3. The summed E-state index contributed by atoms with van der Waals surface area (Å²) in [6.45, 7) is 0.271. The number of halogens is 3. The largest absolute Gasteiger partial charge is 0.433 e. The Balaban J connectivity index is 1.22. The molecular formula is C30H25F3N4O3. The minimum Gasteiger partial charge on any atom is -0.378 e. The van der Waals surface area contributed by atoms with Crippen LogP contribution >= 0.6 is 0 Å². The second-order valence-corrected chi connectivity index (χ2v) is 10.2. The van der Waals surface area contributed by atoms with Gasteiger partial charge >= 0.3 is 6.18 Å². The summed E-state index contributed by atoms with van der Waals surface area (Å²) in [7, 11) is 0. The normalized spacial score (nSPS) is 16.8. The number of aliphatic hydroxyl groups excluding tert-OH is 1. The summed E-state index contributed by atoms with van der Waals surface area (Å²) in [4.78, 5) is 39.2. The molecule has 0 radical (unpaired) electrons. The Labute approximate surface area is 227 Å². The van der Waals surface area contributed by atoms with E-state index in [9.17, 15) is 27.9 Å². The molecule has 1 aliphatic carbocycles. The lowest BCUT2D eigenvalue weighted by Gasteiger charge is -2.30. The van der Waals surface area contributed by atoms with Gasteiger partial charge < -0.3 is 15.0 Å². The van der Waals surface area contributed by atoms with Crippen LogP contribution in [-0.2, 0) is 29.4 Å². The molecule has 1 unspecified atom stereocenters. The summed E-state index contributed by atoms with van der Waals surface area (Å²) < 4.78 is 39.3. The fourth-order valence-corrected chi connectivity index (χ4v) is 5.32. The molecule has 2 N–H and O–H groups in total. The zero-order chi connectivity index (χ0) is 28.1. The number of pyridine rings is 1. The molecule has 2 aromatic carbocycles. The van der Waals surface area contributed by atoms with Crippen LogP contribution < -0.4 is 5.56 Å². The molecule has 6 rings (SSSR count). The predicted octanol–water partition coefficient (Wildman–Crippen LogP) is 4.55. The number of aromatic amines is 1. The lowest BCUT2D eigenvalue weighted by atomic mass is 9.94. The van der Waals surface area contributed by atoms with Crippen molar-refractivity contribution in [1.29, 1.82) is 0 Å². The average Bonchev–Trinajstić information content (AvgIpc) is 3.79. The van der Waals surface area contributed by atoms with Crippen molar-refractivity contribution in [1.82, 2.24) is 19.9 Å². The minimum absolute atomic E-state index is 0.00104. The van der Waals surface area contributed by atoms with Gasteiger partial charge in [0.15, 0.2) is 6.10 Å². The molecule has 1 aliphatic heterocycles. The Hall–Kier alpha value is -4.31. The molecular weight excluding hydrogens is 521 g/mol. The molecule has 0 spiro atoms. The molecule has 1 atom stereocenters. The van der Waals surface area contributed by atoms with Gasteiger partial charge in [-0.3, -0.25) is 9.59 Å². The highest BCUT2D eigenvalue weighted by molar-refractivity contribution is 5.83. The summed E-state index contributed by atoms with van der Waals surface area (Å²) in [5, 5.41) is 10.9. The second kappa shape index (κ2) is 9.71. The maximum absolute atomic E-state index is 13.3. The summed E-state index contributed by atoms with van der Waals surface area (Å²) in [6, 6.07) is 19.6. The molecule has 1 saturated carbocycles. The standard InChI is InChI=1S/C30H25F3N4O3/c31-30(32,33)24-11-5-10-22(34-24)18-6-4-7-19(16-18)25(38)27(40)37-15-12-23-21(17-37)26(39)36-28(35-23)29(13-14-29)20-8-2-1-3-9-20/h1-11,16,25,38H,12-15,17H2,(H,35,36,39). The summed E-state index contributed by atoms with van der Waals surface area (Å²) in [5.41, 5.74) is 1.14. The van der Waals surface area contributed by atoms with Crippen molar-refractivity contribution in [3.05, 3.63) is 117 Å². The molecule has 10 heteroatoms. The van der Waals surface area contributed by atoms with Crippen LogP contribution in [0.3, 0.4) is 0 Å². The van der Waals surface area contributed by atoms with E-state index >= 15 is 0 Å². The van der Waals surface area contributed by atoms with Crippen LogP contribution in [0.15, 0.2) is 77.6 Å². The molecule has 0 bridgehead atoms. The molecule has 1 amide bonds. The van der Waals surface area contributed by atoms with E-state index in [0.29, 0.717) is 29.1 Å². The fourth-order valence-electron chi connectivity index (χ4n) is 5.32. The van der Waals surface area contributed by atoms with Crippen LogP contribution in [0.25, 0.3) is 11.3 Å². The van der Waals surface area contributed by atoms with Gasteiger partial charge in [-0.05, 0) is 42.2 Å². The molecule has 0 saturated heterocycles. The topological polar surface area (TPSA) is 99.2 Å². The van der Waals surface area contributed by atoms with E-state index in [2.05, 4.69) is 9.97 Å². The highest BCUT2D eigenvalue weighted by Gasteiger charge is 2.48. The molecule has 7 nitrogen and oxygen atoms in total. The van der Waals surface area contributed by atoms with E-state index < -0.39 is 23.9 Å². The first kappa shape index (κ1) is 25.9. The number of amides is 1. The number of carbonyl (C=O) groups excluding carboxylic acids is 1. The van der Waals surface area contributed by atoms with E-state index in [0.717, 1.165) is 24.5 Å². The van der Waals surface area contributed by atoms with Gasteiger partial charge in [0.05, 0.1) is 28.9 Å². The third kappa shape index (κ3) is 4.68. The Morgan fingerprint density at radius 2 is 1.75 bits per heavy atom. The third-order valence-corrected chi connectivity index (χ3v) is 7.68. The quantitative estimate of drug-likeness (QED) is 0.383. The minimum atomic E-state index is -4.60. The van der Waals surface area contributed by atoms with Crippen LogP contribution in [0, 0.1) is 0 Å². The van der Waals surface area contributed by atoms with Gasteiger partial charge in [-0.25, -0.2) is 9.97 Å². The van der Waals surface area contributed by atoms with Gasteiger partial charge in [-0.2, -0.15) is 13.2 Å². The molecule has 40 heavy (non-hydrogen) atoms. The maximum Gasteiger partial charge on any atom is 0.433 e. The van der Waals surface area contributed by atoms with Crippen LogP contribution in [0.5, 0.6) is 0 Å². The smallest absolute Gasteiger partial charge is 0.378 e. The first-order valence-electron chi connectivity index (χ1n) is 13.0. The third-order valence-electron chi connectivity index (χ3n) is 7.68. The highest BCUT2D eigenvalue weighted by Crippen LogP contribution is 2.52. The SMILES string of the molecule is O=C(C(O)c1cccc(-c2cccc(C(F)(F)F)n2)c1)N1CCc2nc(C3(c4ccccc4)CC3)[nH]c(=O)c2C1. The first-order valence-corrected chi connectivity index (χ1v) is 13.0. The number of nitrogens with one attached hydrogen (secondary N) is 1. The van der Waals surface area contributed by atoms with Gasteiger partial charge in [-0.1, -0.05) is 54.6 Å². The number of fused-ring (bicyclic) bond motifs is 1. The van der Waals surface area contributed by atoms with E-state index in [-0.39, 0.29) is 35.3 Å². The molecule has 1 fully saturated rings. The molecule has 4 aromatic rings. The predicted molar refractivity (Wildman–Crippen MR) is 140 cm³/mol. The van der Waals surface area contributed by atoms with Crippen LogP contribution in [0.4, 0.5) is 13.2 Å². The number of rotatable bonds is 5. The average molecular weight is 547 g/mol. The Bertz CT molecular complexity index is 1650. The summed E-state index contributed by atoms with van der Waals surface area (Å²) >= 11 is 0. The Morgan fingerprint density at radius 1 is 1.00 bits per heavy atom. The van der Waals surface area contributed by atoms with Crippen molar-refractivity contribution < 1.29 is 23.1 Å². The molecule has 2 aromatic heterocycles. The van der Waals surface area contributed by atoms with E-state index in [1.807, 2.05) is 30.3 Å². The molecule has 204 valence electrons. The second-order valence-electron chi connectivity index (χ2n) is 10.2. The maximum atomic E-state index is 13.3. The number of carbonyl (C=O) groups is 1.